The third kappa shape index (κ3) is 6.07. The summed E-state index contributed by atoms with van der Waals surface area (Å²) in [5.41, 5.74) is 0.366. The van der Waals surface area contributed by atoms with E-state index in [1.165, 1.54) is 6.07 Å². The Labute approximate surface area is 157 Å². The highest BCUT2D eigenvalue weighted by molar-refractivity contribution is 7.89. The second kappa shape index (κ2) is 10.0. The average Bonchev–Trinajstić information content (AvgIpc) is 2.91. The third-order valence-corrected chi connectivity index (χ3v) is 6.25. The van der Waals surface area contributed by atoms with Crippen molar-refractivity contribution in [3.63, 3.8) is 0 Å². The number of nitrogens with zero attached hydrogens (tertiary/aromatic N) is 1. The molecule has 0 aliphatic carbocycles. The zero-order valence-electron chi connectivity index (χ0n) is 15.7. The van der Waals surface area contributed by atoms with Crippen LogP contribution in [-0.4, -0.2) is 51.0 Å². The van der Waals surface area contributed by atoms with E-state index in [4.69, 9.17) is 4.74 Å². The number of hydrogen-bond acceptors (Lipinski definition) is 4. The lowest BCUT2D eigenvalue weighted by atomic mass is 10.2. The van der Waals surface area contributed by atoms with E-state index in [9.17, 15) is 13.2 Å². The van der Waals surface area contributed by atoms with Gasteiger partial charge in [-0.15, -0.1) is 0 Å². The molecule has 1 aromatic carbocycles. The standard InChI is InChI=1S/C19H30N2O4S/c1-16(2)25-14-8-11-20-19(22)17-9-7-10-18(15-17)26(23,24)21-12-5-3-4-6-13-21/h7,9-10,15-16H,3-6,8,11-14H2,1-2H3,(H,20,22). The third-order valence-electron chi connectivity index (χ3n) is 4.36. The van der Waals surface area contributed by atoms with E-state index in [-0.39, 0.29) is 16.9 Å². The molecule has 0 radical (unpaired) electrons. The predicted octanol–water partition coefficient (Wildman–Crippen LogP) is 2.80. The Balaban J connectivity index is 1.98. The maximum absolute atomic E-state index is 12.9. The van der Waals surface area contributed by atoms with Crippen LogP contribution in [0.2, 0.25) is 0 Å². The van der Waals surface area contributed by atoms with Gasteiger partial charge in [-0.3, -0.25) is 4.79 Å². The molecule has 1 saturated heterocycles. The van der Waals surface area contributed by atoms with Gasteiger partial charge in [0.1, 0.15) is 0 Å². The lowest BCUT2D eigenvalue weighted by Gasteiger charge is -2.20. The molecule has 0 atom stereocenters. The summed E-state index contributed by atoms with van der Waals surface area (Å²) in [5.74, 6) is -0.262. The molecule has 0 unspecified atom stereocenters. The van der Waals surface area contributed by atoms with E-state index in [1.54, 1.807) is 22.5 Å². The fourth-order valence-corrected chi connectivity index (χ4v) is 4.49. The van der Waals surface area contributed by atoms with Crippen LogP contribution >= 0.6 is 0 Å². The molecular formula is C19H30N2O4S. The number of carbonyl (C=O) groups is 1. The van der Waals surface area contributed by atoms with Crippen molar-refractivity contribution in [2.24, 2.45) is 0 Å². The second-order valence-corrected chi connectivity index (χ2v) is 8.81. The monoisotopic (exact) mass is 382 g/mol. The Morgan fingerprint density at radius 1 is 1.19 bits per heavy atom. The summed E-state index contributed by atoms with van der Waals surface area (Å²) in [6, 6.07) is 6.30. The summed E-state index contributed by atoms with van der Waals surface area (Å²) in [4.78, 5) is 12.5. The van der Waals surface area contributed by atoms with Crippen LogP contribution in [0.1, 0.15) is 56.3 Å². The molecule has 1 aliphatic heterocycles. The van der Waals surface area contributed by atoms with E-state index < -0.39 is 10.0 Å². The quantitative estimate of drug-likeness (QED) is 0.702. The number of carbonyl (C=O) groups excluding carboxylic acids is 1. The van der Waals surface area contributed by atoms with E-state index in [1.807, 2.05) is 13.8 Å². The number of benzene rings is 1. The summed E-state index contributed by atoms with van der Waals surface area (Å²) in [7, 11) is -3.55. The summed E-state index contributed by atoms with van der Waals surface area (Å²) < 4.78 is 32.7. The first-order valence-electron chi connectivity index (χ1n) is 9.41. The van der Waals surface area contributed by atoms with Crippen molar-refractivity contribution in [2.75, 3.05) is 26.2 Å². The molecule has 2 rings (SSSR count). The molecule has 1 heterocycles. The number of nitrogens with one attached hydrogen (secondary N) is 1. The Morgan fingerprint density at radius 2 is 1.88 bits per heavy atom. The van der Waals surface area contributed by atoms with Crippen molar-refractivity contribution >= 4 is 15.9 Å². The van der Waals surface area contributed by atoms with Gasteiger partial charge in [-0.05, 0) is 51.3 Å². The predicted molar refractivity (Wildman–Crippen MR) is 102 cm³/mol. The van der Waals surface area contributed by atoms with Gasteiger partial charge in [0.05, 0.1) is 11.0 Å². The highest BCUT2D eigenvalue weighted by Gasteiger charge is 2.25. The molecule has 1 amide bonds. The molecule has 0 saturated carbocycles. The first-order valence-corrected chi connectivity index (χ1v) is 10.9. The smallest absolute Gasteiger partial charge is 0.251 e. The lowest BCUT2D eigenvalue weighted by molar-refractivity contribution is 0.0757. The van der Waals surface area contributed by atoms with Gasteiger partial charge in [0.15, 0.2) is 0 Å². The molecule has 7 heteroatoms. The van der Waals surface area contributed by atoms with E-state index in [0.29, 0.717) is 31.8 Å². The molecule has 26 heavy (non-hydrogen) atoms. The van der Waals surface area contributed by atoms with Crippen LogP contribution in [0.25, 0.3) is 0 Å². The van der Waals surface area contributed by atoms with Gasteiger partial charge >= 0.3 is 0 Å². The number of rotatable bonds is 8. The van der Waals surface area contributed by atoms with E-state index in [0.717, 1.165) is 32.1 Å². The summed E-state index contributed by atoms with van der Waals surface area (Å²) in [6.07, 6.45) is 4.79. The number of ether oxygens (including phenoxy) is 1. The maximum atomic E-state index is 12.9. The van der Waals surface area contributed by atoms with Gasteiger partial charge in [0, 0.05) is 31.8 Å². The lowest BCUT2D eigenvalue weighted by Crippen LogP contribution is -2.32. The number of amides is 1. The minimum atomic E-state index is -3.55. The highest BCUT2D eigenvalue weighted by Crippen LogP contribution is 2.21. The van der Waals surface area contributed by atoms with E-state index in [2.05, 4.69) is 5.32 Å². The topological polar surface area (TPSA) is 75.7 Å². The molecule has 0 bridgehead atoms. The molecule has 0 spiro atoms. The highest BCUT2D eigenvalue weighted by atomic mass is 32.2. The largest absolute Gasteiger partial charge is 0.379 e. The number of hydrogen-bond donors (Lipinski definition) is 1. The van der Waals surface area contributed by atoms with Crippen molar-refractivity contribution in [3.05, 3.63) is 29.8 Å². The van der Waals surface area contributed by atoms with Crippen molar-refractivity contribution in [2.45, 2.75) is 57.0 Å². The van der Waals surface area contributed by atoms with Crippen LogP contribution in [0.15, 0.2) is 29.2 Å². The molecule has 1 fully saturated rings. The summed E-state index contributed by atoms with van der Waals surface area (Å²) >= 11 is 0. The normalized spacial score (nSPS) is 16.4. The minimum absolute atomic E-state index is 0.173. The first kappa shape index (κ1) is 20.9. The Bertz CT molecular complexity index is 681. The van der Waals surface area contributed by atoms with Crippen molar-refractivity contribution in [3.8, 4) is 0 Å². The summed E-state index contributed by atoms with van der Waals surface area (Å²) in [6.45, 7) is 6.11. The molecule has 0 aromatic heterocycles. The molecule has 1 aliphatic rings. The Kier molecular flexibility index (Phi) is 8.06. The Morgan fingerprint density at radius 3 is 2.54 bits per heavy atom. The van der Waals surface area contributed by atoms with Crippen LogP contribution in [0, 0.1) is 0 Å². The zero-order chi connectivity index (χ0) is 19.0. The number of sulfonamides is 1. The van der Waals surface area contributed by atoms with Gasteiger partial charge in [-0.1, -0.05) is 18.9 Å². The van der Waals surface area contributed by atoms with Crippen LogP contribution in [0.4, 0.5) is 0 Å². The van der Waals surface area contributed by atoms with Crippen LogP contribution in [0.5, 0.6) is 0 Å². The maximum Gasteiger partial charge on any atom is 0.251 e. The fourth-order valence-electron chi connectivity index (χ4n) is 2.92. The second-order valence-electron chi connectivity index (χ2n) is 6.88. The molecule has 6 nitrogen and oxygen atoms in total. The van der Waals surface area contributed by atoms with Crippen LogP contribution in [0.3, 0.4) is 0 Å². The van der Waals surface area contributed by atoms with Crippen molar-refractivity contribution in [1.29, 1.82) is 0 Å². The molecule has 1 aromatic rings. The zero-order valence-corrected chi connectivity index (χ0v) is 16.6. The summed E-state index contributed by atoms with van der Waals surface area (Å²) in [5, 5.41) is 2.81. The van der Waals surface area contributed by atoms with Gasteiger partial charge in [-0.2, -0.15) is 4.31 Å². The SMILES string of the molecule is CC(C)OCCCNC(=O)c1cccc(S(=O)(=O)N2CCCCCC2)c1. The van der Waals surface area contributed by atoms with Gasteiger partial charge in [0.2, 0.25) is 10.0 Å². The fraction of sp³-hybridized carbons (Fsp3) is 0.632. The Hall–Kier alpha value is -1.44. The van der Waals surface area contributed by atoms with E-state index >= 15 is 0 Å². The van der Waals surface area contributed by atoms with Gasteiger partial charge in [0.25, 0.3) is 5.91 Å². The van der Waals surface area contributed by atoms with Crippen molar-refractivity contribution in [1.82, 2.24) is 9.62 Å². The molecule has 146 valence electrons. The van der Waals surface area contributed by atoms with Crippen LogP contribution < -0.4 is 5.32 Å². The average molecular weight is 383 g/mol. The molecule has 1 N–H and O–H groups in total. The minimum Gasteiger partial charge on any atom is -0.379 e. The van der Waals surface area contributed by atoms with Crippen molar-refractivity contribution < 1.29 is 17.9 Å². The van der Waals surface area contributed by atoms with Crippen LogP contribution in [-0.2, 0) is 14.8 Å². The molecular weight excluding hydrogens is 352 g/mol. The van der Waals surface area contributed by atoms with Gasteiger partial charge in [-0.25, -0.2) is 8.42 Å². The first-order chi connectivity index (χ1) is 12.4. The van der Waals surface area contributed by atoms with Gasteiger partial charge < -0.3 is 10.1 Å².